The summed E-state index contributed by atoms with van der Waals surface area (Å²) in [5.74, 6) is 2.06. The van der Waals surface area contributed by atoms with Crippen molar-refractivity contribution in [2.24, 2.45) is 0 Å². The van der Waals surface area contributed by atoms with Crippen molar-refractivity contribution in [3.63, 3.8) is 0 Å². The van der Waals surface area contributed by atoms with Crippen LogP contribution in [0.25, 0.3) is 45.8 Å². The minimum Gasteiger partial charge on any atom is -0.416 e. The first kappa shape index (κ1) is 69.0. The van der Waals surface area contributed by atoms with Crippen molar-refractivity contribution >= 4 is 94.7 Å². The number of hydrogen-bond donors (Lipinski definition) is 2. The van der Waals surface area contributed by atoms with E-state index < -0.39 is 0 Å². The van der Waals surface area contributed by atoms with E-state index in [0.717, 1.165) is 89.3 Å². The number of halogens is 2. The van der Waals surface area contributed by atoms with Crippen molar-refractivity contribution in [3.8, 4) is 45.8 Å². The second-order valence-electron chi connectivity index (χ2n) is 20.5. The van der Waals surface area contributed by atoms with Gasteiger partial charge in [-0.05, 0) is 239 Å². The summed E-state index contributed by atoms with van der Waals surface area (Å²) in [6, 6.07) is 115. The fourth-order valence-electron chi connectivity index (χ4n) is 9.87. The summed E-state index contributed by atoms with van der Waals surface area (Å²) in [5.41, 5.74) is 15.6. The van der Waals surface area contributed by atoms with Crippen LogP contribution in [0.5, 0.6) is 0 Å². The Morgan fingerprint density at radius 1 is 0.263 bits per heavy atom. The van der Waals surface area contributed by atoms with Crippen LogP contribution in [0.1, 0.15) is 0 Å². The van der Waals surface area contributed by atoms with Crippen molar-refractivity contribution in [1.29, 1.82) is 0 Å². The van der Waals surface area contributed by atoms with Crippen LogP contribution in [0.4, 0.5) is 62.6 Å². The number of nitrogens with one attached hydrogen (secondary N) is 1. The number of anilines is 11. The molecule has 99 heavy (non-hydrogen) atoms. The van der Waals surface area contributed by atoms with E-state index in [1.807, 2.05) is 146 Å². The van der Waals surface area contributed by atoms with Gasteiger partial charge < -0.3 is 28.9 Å². The summed E-state index contributed by atoms with van der Waals surface area (Å²) in [6.45, 7) is 0. The molecule has 494 valence electrons. The minimum absolute atomic E-state index is 0.489. The predicted molar refractivity (Wildman–Crippen MR) is 381 cm³/mol. The van der Waals surface area contributed by atoms with Crippen LogP contribution >= 0.6 is 32.2 Å². The number of nitrogens with zero attached hydrogens (tertiary/aromatic N) is 7. The van der Waals surface area contributed by atoms with Gasteiger partial charge in [0.25, 0.3) is 0 Å². The third-order valence-corrected chi connectivity index (χ3v) is 14.9. The third-order valence-electron chi connectivity index (χ3n) is 14.2. The fraction of sp³-hybridized carbons (Fsp3) is 0. The third kappa shape index (κ3) is 20.1. The van der Waals surface area contributed by atoms with Gasteiger partial charge in [-0.25, -0.2) is 5.26 Å². The van der Waals surface area contributed by atoms with E-state index in [9.17, 15) is 0 Å². The van der Waals surface area contributed by atoms with Crippen molar-refractivity contribution in [1.82, 2.24) is 20.4 Å². The Hall–Kier alpha value is -11.4. The van der Waals surface area contributed by atoms with Gasteiger partial charge in [0.15, 0.2) is 0 Å². The average Bonchev–Trinajstić information content (AvgIpc) is 1.50. The zero-order valence-corrected chi connectivity index (χ0v) is 55.2. The molecule has 0 aliphatic heterocycles. The number of benzene rings is 12. The van der Waals surface area contributed by atoms with Gasteiger partial charge in [-0.3, -0.25) is 0 Å². The predicted octanol–water partition coefficient (Wildman–Crippen LogP) is 21.6. The van der Waals surface area contributed by atoms with Crippen LogP contribution in [0.15, 0.2) is 353 Å². The second-order valence-corrected chi connectivity index (χ2v) is 21.7. The Labute approximate surface area is 585 Å². The Morgan fingerprint density at radius 2 is 0.495 bits per heavy atom. The van der Waals surface area contributed by atoms with Gasteiger partial charge in [-0.15, -0.1) is 24.4 Å². The number of para-hydroxylation sites is 6. The van der Waals surface area contributed by atoms with Gasteiger partial charge in [0.2, 0.25) is 23.6 Å². The lowest BCUT2D eigenvalue weighted by Crippen LogP contribution is -2.12. The normalized spacial score (nSPS) is 10.6. The highest BCUT2D eigenvalue weighted by molar-refractivity contribution is 9.10. The van der Waals surface area contributed by atoms with E-state index in [1.54, 1.807) is 0 Å². The van der Waals surface area contributed by atoms with Gasteiger partial charge >= 0.3 is 0 Å². The molecular weight excluding hydrogens is 1390 g/mol. The van der Waals surface area contributed by atoms with Crippen molar-refractivity contribution in [3.05, 3.63) is 344 Å². The molecule has 2 aromatic heterocycles. The van der Waals surface area contributed by atoms with Crippen molar-refractivity contribution in [2.75, 3.05) is 20.0 Å². The highest BCUT2D eigenvalue weighted by Crippen LogP contribution is 2.40. The lowest BCUT2D eigenvalue weighted by Gasteiger charge is -2.28. The summed E-state index contributed by atoms with van der Waals surface area (Å²) in [6.07, 6.45) is 0. The molecule has 0 aliphatic rings. The molecular formula is C76H58Br2N8O13. The van der Waals surface area contributed by atoms with Crippen molar-refractivity contribution < 1.29 is 63.4 Å². The molecule has 0 saturated carbocycles. The number of hydrogen-bond acceptors (Lipinski definition) is 21. The molecule has 0 radical (unpaired) electrons. The summed E-state index contributed by atoms with van der Waals surface area (Å²) in [7, 11) is 0. The Bertz CT molecular complexity index is 4470. The zero-order valence-electron chi connectivity index (χ0n) is 52.1. The molecule has 14 aromatic rings. The van der Waals surface area contributed by atoms with E-state index in [1.165, 1.54) is 0 Å². The molecule has 14 rings (SSSR count). The van der Waals surface area contributed by atoms with Crippen molar-refractivity contribution in [2.45, 2.75) is 0 Å². The molecule has 2 N–H and O–H groups in total. The topological polar surface area (TPSA) is 212 Å². The largest absolute Gasteiger partial charge is 0.416 e. The summed E-state index contributed by atoms with van der Waals surface area (Å²) < 4.78 is 16.3. The quantitative estimate of drug-likeness (QED) is 0.0327. The van der Waals surface area contributed by atoms with Gasteiger partial charge in [0.1, 0.15) is 16.3 Å². The van der Waals surface area contributed by atoms with Crippen LogP contribution < -0.4 is 20.0 Å². The van der Waals surface area contributed by atoms with Gasteiger partial charge in [-0.1, -0.05) is 162 Å². The summed E-state index contributed by atoms with van der Waals surface area (Å²) >= 11 is 5.70. The molecule has 0 fully saturated rings. The molecule has 0 saturated heterocycles. The van der Waals surface area contributed by atoms with E-state index in [-0.39, 0.29) is 0 Å². The maximum absolute atomic E-state index is 7.42. The standard InChI is InChI=1S/C38H28N4O.C24H20N2.C14H9BrN2O.BrHO11/c1-5-13-29(14-6-1)37-39-40-38(43-37)30-21-23-34(24-22-30)42(33-19-11-4-12-20-33)36-27-25-35(26-28-36)41(31-15-7-2-8-16-31)32-17-9-3-10-18-32;1-4-10-20(11-5-1)25-21-16-18-24(19-17-21)26(22-12-6-2-7-13-22)23-14-8-3-9-15-23;15-12-8-6-11(7-9-12)14-17-16-13(18-14)10-4-2-1-3-5-10;1-3-5-7-9-11-12-10-8-6-4-2/h1-28H;1-19,25H;1-9H;2H. The molecule has 0 unspecified atom stereocenters. The highest BCUT2D eigenvalue weighted by atomic mass is 79.9. The molecule has 0 spiro atoms. The van der Waals surface area contributed by atoms with Crippen LogP contribution in [-0.2, 0) is 49.3 Å². The van der Waals surface area contributed by atoms with Crippen LogP contribution in [0.3, 0.4) is 0 Å². The van der Waals surface area contributed by atoms with E-state index >= 15 is 0 Å². The first-order valence-electron chi connectivity index (χ1n) is 30.2. The second kappa shape index (κ2) is 37.2. The maximum Gasteiger partial charge on any atom is 0.248 e. The number of aromatic nitrogens is 4. The monoisotopic (exact) mass is 1450 g/mol. The minimum atomic E-state index is 0.489. The molecule has 2 heterocycles. The smallest absolute Gasteiger partial charge is 0.248 e. The molecule has 0 aliphatic carbocycles. The van der Waals surface area contributed by atoms with Crippen LogP contribution in [0.2, 0.25) is 0 Å². The first-order chi connectivity index (χ1) is 49.0. The van der Waals surface area contributed by atoms with E-state index in [2.05, 4.69) is 316 Å². The Morgan fingerprint density at radius 3 is 0.808 bits per heavy atom. The zero-order chi connectivity index (χ0) is 67.9. The molecule has 0 bridgehead atoms. The molecule has 0 amide bonds. The van der Waals surface area contributed by atoms with Gasteiger partial charge in [0, 0.05) is 89.3 Å². The van der Waals surface area contributed by atoms with Gasteiger partial charge in [-0.2, -0.15) is 0 Å². The highest BCUT2D eigenvalue weighted by Gasteiger charge is 2.18. The summed E-state index contributed by atoms with van der Waals surface area (Å²) in [5, 5.41) is 57.9. The molecule has 0 atom stereocenters. The Balaban J connectivity index is 0.000000149. The lowest BCUT2D eigenvalue weighted by atomic mass is 10.1. The first-order valence-corrected chi connectivity index (χ1v) is 31.7. The lowest BCUT2D eigenvalue weighted by molar-refractivity contribution is -0.851. The Kier molecular flexibility index (Phi) is 26.0. The number of rotatable bonds is 24. The van der Waals surface area contributed by atoms with E-state index in [4.69, 9.17) is 14.1 Å². The van der Waals surface area contributed by atoms with Crippen LogP contribution in [-0.4, -0.2) is 25.7 Å². The SMILES string of the molecule is Brc1ccc(-c2nnc(-c3ccccc3)o2)cc1.OOOOOOOOOOOBr.c1ccc(-c2nnc(-c3ccc(N(c4ccccc4)c4ccc(N(c5ccccc5)c5ccccc5)cc4)cc3)o2)cc1.c1ccc(Nc2ccc(N(c3ccccc3)c3ccccc3)cc2)cc1. The van der Waals surface area contributed by atoms with E-state index in [0.29, 0.717) is 23.6 Å². The fourth-order valence-corrected chi connectivity index (χ4v) is 10.2. The molecule has 21 nitrogen and oxygen atoms in total. The van der Waals surface area contributed by atoms with Gasteiger partial charge in [0.05, 0.1) is 0 Å². The maximum atomic E-state index is 7.42. The average molecular weight is 1450 g/mol. The van der Waals surface area contributed by atoms with Crippen LogP contribution in [0, 0.1) is 0 Å². The molecule has 12 aromatic carbocycles. The molecule has 23 heteroatoms. The summed E-state index contributed by atoms with van der Waals surface area (Å²) in [4.78, 5) is 6.76.